The summed E-state index contributed by atoms with van der Waals surface area (Å²) in [6, 6.07) is 14.3. The van der Waals surface area contributed by atoms with Crippen LogP contribution in [0.25, 0.3) is 10.1 Å². The van der Waals surface area contributed by atoms with Gasteiger partial charge in [-0.25, -0.2) is 4.79 Å². The predicted molar refractivity (Wildman–Crippen MR) is 79.3 cm³/mol. The molecule has 0 fully saturated rings. The highest BCUT2D eigenvalue weighted by atomic mass is 32.1. The molecule has 3 nitrogen and oxygen atoms in total. The molecule has 0 saturated heterocycles. The molecule has 1 unspecified atom stereocenters. The number of hydrogen-bond acceptors (Lipinski definition) is 3. The van der Waals surface area contributed by atoms with E-state index in [4.69, 9.17) is 0 Å². The van der Waals surface area contributed by atoms with Crippen molar-refractivity contribution in [2.75, 3.05) is 0 Å². The van der Waals surface area contributed by atoms with E-state index in [1.54, 1.807) is 29.5 Å². The van der Waals surface area contributed by atoms with Crippen LogP contribution in [0.3, 0.4) is 0 Å². The van der Waals surface area contributed by atoms with Crippen LogP contribution in [0.1, 0.15) is 27.6 Å². The Morgan fingerprint density at radius 2 is 1.70 bits per heavy atom. The van der Waals surface area contributed by atoms with Crippen LogP contribution in [-0.4, -0.2) is 16.2 Å². The number of thiophene rings is 1. The summed E-state index contributed by atoms with van der Waals surface area (Å²) in [5.41, 5.74) is 1.30. The van der Waals surface area contributed by atoms with Gasteiger partial charge >= 0.3 is 5.97 Å². The molecule has 0 aliphatic rings. The van der Waals surface area contributed by atoms with E-state index < -0.39 is 12.1 Å². The molecule has 1 atom stereocenters. The maximum Gasteiger partial charge on any atom is 0.336 e. The highest BCUT2D eigenvalue weighted by molar-refractivity contribution is 7.17. The average molecular weight is 284 g/mol. The summed E-state index contributed by atoms with van der Waals surface area (Å²) >= 11 is 1.54. The van der Waals surface area contributed by atoms with Crippen LogP contribution in [0.4, 0.5) is 0 Å². The van der Waals surface area contributed by atoms with Gasteiger partial charge in [-0.1, -0.05) is 36.4 Å². The molecular weight excluding hydrogens is 272 g/mol. The Morgan fingerprint density at radius 1 is 1.00 bits per heavy atom. The van der Waals surface area contributed by atoms with Crippen molar-refractivity contribution in [3.8, 4) is 0 Å². The first-order chi connectivity index (χ1) is 9.68. The number of aromatic carboxylic acids is 1. The van der Waals surface area contributed by atoms with E-state index in [2.05, 4.69) is 0 Å². The van der Waals surface area contributed by atoms with Crippen molar-refractivity contribution in [2.45, 2.75) is 6.10 Å². The number of aliphatic hydroxyl groups is 1. The Labute approximate surface area is 119 Å². The number of rotatable bonds is 3. The van der Waals surface area contributed by atoms with Gasteiger partial charge in [-0.2, -0.15) is 0 Å². The summed E-state index contributed by atoms with van der Waals surface area (Å²) in [6.45, 7) is 0. The quantitative estimate of drug-likeness (QED) is 0.771. The van der Waals surface area contributed by atoms with Crippen molar-refractivity contribution in [3.05, 3.63) is 70.6 Å². The van der Waals surface area contributed by atoms with E-state index >= 15 is 0 Å². The number of hydrogen-bond donors (Lipinski definition) is 2. The number of carboxylic acid groups (broad SMARTS) is 1. The molecule has 0 spiro atoms. The van der Waals surface area contributed by atoms with Crippen molar-refractivity contribution in [1.29, 1.82) is 0 Å². The Morgan fingerprint density at radius 3 is 2.50 bits per heavy atom. The summed E-state index contributed by atoms with van der Waals surface area (Å²) < 4.78 is 1.08. The second kappa shape index (κ2) is 5.07. The number of benzene rings is 2. The first kappa shape index (κ1) is 12.8. The number of carbonyl (C=O) groups is 1. The lowest BCUT2D eigenvalue weighted by molar-refractivity contribution is 0.0691. The van der Waals surface area contributed by atoms with Crippen LogP contribution >= 0.6 is 11.3 Å². The van der Waals surface area contributed by atoms with Crippen LogP contribution in [0, 0.1) is 0 Å². The van der Waals surface area contributed by atoms with Gasteiger partial charge in [-0.05, 0) is 28.5 Å². The van der Waals surface area contributed by atoms with Gasteiger partial charge in [0.15, 0.2) is 0 Å². The normalized spacial score (nSPS) is 12.4. The Kier molecular flexibility index (Phi) is 3.26. The molecule has 1 heterocycles. The van der Waals surface area contributed by atoms with Gasteiger partial charge in [0.1, 0.15) is 6.10 Å². The summed E-state index contributed by atoms with van der Waals surface area (Å²) in [5, 5.41) is 22.6. The molecule has 20 heavy (non-hydrogen) atoms. The number of aliphatic hydroxyl groups excluding tert-OH is 1. The topological polar surface area (TPSA) is 57.5 Å². The third-order valence-corrected chi connectivity index (χ3v) is 4.27. The summed E-state index contributed by atoms with van der Waals surface area (Å²) in [5.74, 6) is -1.03. The molecule has 4 heteroatoms. The second-order valence-corrected chi connectivity index (χ2v) is 5.39. The molecule has 0 aliphatic heterocycles. The van der Waals surface area contributed by atoms with Crippen molar-refractivity contribution in [2.24, 2.45) is 0 Å². The highest BCUT2D eigenvalue weighted by Crippen LogP contribution is 2.34. The van der Waals surface area contributed by atoms with Crippen molar-refractivity contribution >= 4 is 27.4 Å². The predicted octanol–water partition coefficient (Wildman–Crippen LogP) is 3.68. The van der Waals surface area contributed by atoms with Crippen LogP contribution in [0.5, 0.6) is 0 Å². The molecular formula is C16H12O3S. The molecule has 0 amide bonds. The first-order valence-corrected chi connectivity index (χ1v) is 7.03. The largest absolute Gasteiger partial charge is 0.478 e. The second-order valence-electron chi connectivity index (χ2n) is 4.48. The lowest BCUT2D eigenvalue weighted by atomic mass is 9.96. The molecule has 0 saturated carbocycles. The smallest absolute Gasteiger partial charge is 0.336 e. The van der Waals surface area contributed by atoms with Gasteiger partial charge in [0, 0.05) is 10.3 Å². The minimum atomic E-state index is -1.03. The zero-order chi connectivity index (χ0) is 14.1. The van der Waals surface area contributed by atoms with Gasteiger partial charge in [-0.15, -0.1) is 11.3 Å². The van der Waals surface area contributed by atoms with E-state index in [1.807, 2.05) is 29.6 Å². The molecule has 3 aromatic rings. The van der Waals surface area contributed by atoms with Gasteiger partial charge in [0.25, 0.3) is 0 Å². The highest BCUT2D eigenvalue weighted by Gasteiger charge is 2.20. The summed E-state index contributed by atoms with van der Waals surface area (Å²) in [4.78, 5) is 11.3. The van der Waals surface area contributed by atoms with Crippen molar-refractivity contribution in [1.82, 2.24) is 0 Å². The SMILES string of the molecule is O=C(O)c1ccccc1C(O)c1csc2ccccc12. The molecule has 0 bridgehead atoms. The van der Waals surface area contributed by atoms with E-state index in [1.165, 1.54) is 6.07 Å². The molecule has 0 radical (unpaired) electrons. The zero-order valence-electron chi connectivity index (χ0n) is 10.5. The minimum absolute atomic E-state index is 0.135. The minimum Gasteiger partial charge on any atom is -0.478 e. The lowest BCUT2D eigenvalue weighted by Gasteiger charge is -2.13. The molecule has 1 aromatic heterocycles. The maximum absolute atomic E-state index is 11.3. The Bertz CT molecular complexity index is 776. The first-order valence-electron chi connectivity index (χ1n) is 6.15. The summed E-state index contributed by atoms with van der Waals surface area (Å²) in [7, 11) is 0. The molecule has 3 rings (SSSR count). The fourth-order valence-corrected chi connectivity index (χ4v) is 3.29. The van der Waals surface area contributed by atoms with Gasteiger partial charge in [0.2, 0.25) is 0 Å². The van der Waals surface area contributed by atoms with E-state index in [0.29, 0.717) is 5.56 Å². The van der Waals surface area contributed by atoms with E-state index in [-0.39, 0.29) is 5.56 Å². The third kappa shape index (κ3) is 2.09. The maximum atomic E-state index is 11.3. The van der Waals surface area contributed by atoms with Crippen LogP contribution in [0.2, 0.25) is 0 Å². The van der Waals surface area contributed by atoms with Crippen molar-refractivity contribution < 1.29 is 15.0 Å². The standard InChI is InChI=1S/C16H12O3S/c17-15(11-6-1-2-7-12(11)16(18)19)13-9-20-14-8-4-3-5-10(13)14/h1-9,15,17H,(H,18,19). The zero-order valence-corrected chi connectivity index (χ0v) is 11.3. The fourth-order valence-electron chi connectivity index (χ4n) is 2.31. The van der Waals surface area contributed by atoms with Gasteiger partial charge in [-0.3, -0.25) is 0 Å². The van der Waals surface area contributed by atoms with Crippen LogP contribution < -0.4 is 0 Å². The molecule has 0 aliphatic carbocycles. The van der Waals surface area contributed by atoms with Gasteiger partial charge < -0.3 is 10.2 Å². The van der Waals surface area contributed by atoms with E-state index in [0.717, 1.165) is 15.6 Å². The lowest BCUT2D eigenvalue weighted by Crippen LogP contribution is -2.07. The number of carboxylic acids is 1. The molecule has 2 N–H and O–H groups in total. The van der Waals surface area contributed by atoms with Crippen LogP contribution in [0.15, 0.2) is 53.9 Å². The van der Waals surface area contributed by atoms with Gasteiger partial charge in [0.05, 0.1) is 5.56 Å². The Hall–Kier alpha value is -2.17. The number of fused-ring (bicyclic) bond motifs is 1. The van der Waals surface area contributed by atoms with Crippen molar-refractivity contribution in [3.63, 3.8) is 0 Å². The fraction of sp³-hybridized carbons (Fsp3) is 0.0625. The summed E-state index contributed by atoms with van der Waals surface area (Å²) in [6.07, 6.45) is -0.932. The van der Waals surface area contributed by atoms with Crippen LogP contribution in [-0.2, 0) is 0 Å². The third-order valence-electron chi connectivity index (χ3n) is 3.29. The average Bonchev–Trinajstić information content (AvgIpc) is 2.90. The molecule has 100 valence electrons. The van der Waals surface area contributed by atoms with E-state index in [9.17, 15) is 15.0 Å². The monoisotopic (exact) mass is 284 g/mol. The Balaban J connectivity index is 2.13. The molecule has 2 aromatic carbocycles.